The van der Waals surface area contributed by atoms with Crippen LogP contribution >= 0.6 is 0 Å². The summed E-state index contributed by atoms with van der Waals surface area (Å²) in [6.45, 7) is 3.73. The monoisotopic (exact) mass is 725 g/mol. The highest BCUT2D eigenvalue weighted by molar-refractivity contribution is 6.18. The average Bonchev–Trinajstić information content (AvgIpc) is 3.70. The van der Waals surface area contributed by atoms with Gasteiger partial charge in [-0.1, -0.05) is 133 Å². The number of aryl methyl sites for hydroxylation is 2. The molecule has 1 atom stereocenters. The molecule has 0 fully saturated rings. The van der Waals surface area contributed by atoms with Crippen LogP contribution in [-0.2, 0) is 0 Å². The third kappa shape index (κ3) is 5.40. The van der Waals surface area contributed by atoms with Crippen LogP contribution in [0.15, 0.2) is 164 Å². The number of hydrogen-bond donors (Lipinski definition) is 1. The van der Waals surface area contributed by atoms with Crippen molar-refractivity contribution in [3.8, 4) is 50.5 Å². The molecular formula is C49H35N5O2. The lowest BCUT2D eigenvalue weighted by atomic mass is 9.90. The molecule has 0 radical (unpaired) electrons. The molecule has 0 bridgehead atoms. The molecule has 1 N–H and O–H groups in total. The molecule has 1 aliphatic heterocycles. The molecule has 2 aromatic heterocycles. The molecule has 0 aliphatic carbocycles. The van der Waals surface area contributed by atoms with E-state index >= 15 is 4.79 Å². The van der Waals surface area contributed by atoms with Gasteiger partial charge in [0.25, 0.3) is 5.91 Å². The molecule has 0 saturated heterocycles. The van der Waals surface area contributed by atoms with Gasteiger partial charge in [0.1, 0.15) is 11.6 Å². The van der Waals surface area contributed by atoms with Crippen LogP contribution in [0.3, 0.4) is 0 Å². The van der Waals surface area contributed by atoms with Gasteiger partial charge < -0.3 is 9.67 Å². The van der Waals surface area contributed by atoms with Crippen molar-refractivity contribution >= 4 is 33.4 Å². The van der Waals surface area contributed by atoms with Crippen molar-refractivity contribution in [2.75, 3.05) is 4.90 Å². The van der Waals surface area contributed by atoms with E-state index in [1.807, 2.05) is 105 Å². The second-order valence-corrected chi connectivity index (χ2v) is 14.1. The van der Waals surface area contributed by atoms with Crippen LogP contribution in [-0.4, -0.2) is 30.5 Å². The minimum absolute atomic E-state index is 0.282. The van der Waals surface area contributed by atoms with Gasteiger partial charge in [-0.25, -0.2) is 15.0 Å². The molecule has 1 amide bonds. The second kappa shape index (κ2) is 13.3. The van der Waals surface area contributed by atoms with Crippen molar-refractivity contribution in [2.24, 2.45) is 0 Å². The first-order chi connectivity index (χ1) is 27.4. The van der Waals surface area contributed by atoms with E-state index < -0.39 is 6.23 Å². The number of hydrogen-bond acceptors (Lipinski definition) is 5. The summed E-state index contributed by atoms with van der Waals surface area (Å²) in [6.07, 6.45) is -1.25. The van der Waals surface area contributed by atoms with Gasteiger partial charge in [0, 0.05) is 33.0 Å². The molecule has 1 aliphatic rings. The van der Waals surface area contributed by atoms with Crippen LogP contribution in [0, 0.1) is 13.8 Å². The zero-order chi connectivity index (χ0) is 37.9. The van der Waals surface area contributed by atoms with Crippen molar-refractivity contribution < 1.29 is 9.90 Å². The minimum Gasteiger partial charge on any atom is -0.369 e. The topological polar surface area (TPSA) is 84.1 Å². The van der Waals surface area contributed by atoms with Gasteiger partial charge in [0.15, 0.2) is 12.1 Å². The maximum Gasteiger partial charge on any atom is 0.263 e. The number of aromatic nitrogens is 4. The number of nitrogens with zero attached hydrogens (tertiary/aromatic N) is 5. The quantitative estimate of drug-likeness (QED) is 0.184. The van der Waals surface area contributed by atoms with E-state index in [4.69, 9.17) is 0 Å². The number of carbonyl (C=O) groups excluding carboxylic acids is 1. The molecular weight excluding hydrogens is 691 g/mol. The van der Waals surface area contributed by atoms with Crippen LogP contribution in [0.5, 0.6) is 0 Å². The Hall–Kier alpha value is -7.22. The number of para-hydroxylation sites is 1. The van der Waals surface area contributed by atoms with Gasteiger partial charge >= 0.3 is 0 Å². The van der Waals surface area contributed by atoms with Gasteiger partial charge in [-0.05, 0) is 66.4 Å². The Labute approximate surface area is 323 Å². The summed E-state index contributed by atoms with van der Waals surface area (Å²) in [5, 5.41) is 14.5. The lowest BCUT2D eigenvalue weighted by Crippen LogP contribution is -2.29. The summed E-state index contributed by atoms with van der Waals surface area (Å²) in [6, 6.07) is 54.9. The van der Waals surface area contributed by atoms with Crippen LogP contribution in [0.2, 0.25) is 0 Å². The first-order valence-electron chi connectivity index (χ1n) is 18.7. The maximum atomic E-state index is 15.4. The highest BCUT2D eigenvalue weighted by Crippen LogP contribution is 2.49. The van der Waals surface area contributed by atoms with E-state index in [1.54, 1.807) is 4.90 Å². The molecule has 1 unspecified atom stereocenters. The van der Waals surface area contributed by atoms with Crippen LogP contribution in [0.25, 0.3) is 72.3 Å². The standard InChI is InChI=1S/C49H35N5O2/c1-30-50-31(2)52-47(51-30)35-25-26-38-37-21-12-13-23-42(37)53(44(38)29-35)43-24-14-22-39-45(43)49(56)54(48(39)55)46-40(33-17-8-4-9-18-33)27-36(32-15-6-3-7-16-32)28-41(46)34-19-10-5-11-20-34/h3-29,48,55H,1-2H3. The van der Waals surface area contributed by atoms with Crippen molar-refractivity contribution in [1.29, 1.82) is 0 Å². The molecule has 10 rings (SSSR count). The minimum atomic E-state index is -1.25. The lowest BCUT2D eigenvalue weighted by molar-refractivity contribution is 0.0935. The molecule has 9 aromatic rings. The maximum absolute atomic E-state index is 15.4. The van der Waals surface area contributed by atoms with Gasteiger partial charge in [-0.3, -0.25) is 9.69 Å². The summed E-state index contributed by atoms with van der Waals surface area (Å²) < 4.78 is 2.14. The number of rotatable bonds is 6. The highest BCUT2D eigenvalue weighted by atomic mass is 16.3. The fourth-order valence-electron chi connectivity index (χ4n) is 8.27. The fraction of sp³-hybridized carbons (Fsp3) is 0.0612. The van der Waals surface area contributed by atoms with Gasteiger partial charge in [0.05, 0.1) is 28.0 Å². The van der Waals surface area contributed by atoms with E-state index in [9.17, 15) is 5.11 Å². The number of benzene rings is 7. The van der Waals surface area contributed by atoms with Crippen molar-refractivity contribution in [2.45, 2.75) is 20.1 Å². The van der Waals surface area contributed by atoms with E-state index in [0.29, 0.717) is 40.0 Å². The number of carbonyl (C=O) groups is 1. The van der Waals surface area contributed by atoms with Gasteiger partial charge in [-0.15, -0.1) is 0 Å². The van der Waals surface area contributed by atoms with Crippen LogP contribution in [0.4, 0.5) is 5.69 Å². The summed E-state index contributed by atoms with van der Waals surface area (Å²) >= 11 is 0. The number of amides is 1. The molecule has 7 nitrogen and oxygen atoms in total. The second-order valence-electron chi connectivity index (χ2n) is 14.1. The Bertz CT molecular complexity index is 2900. The Morgan fingerprint density at radius 2 is 1.09 bits per heavy atom. The fourth-order valence-corrected chi connectivity index (χ4v) is 8.27. The Balaban J connectivity index is 1.22. The molecule has 0 saturated carbocycles. The third-order valence-electron chi connectivity index (χ3n) is 10.7. The van der Waals surface area contributed by atoms with Crippen molar-refractivity contribution in [3.05, 3.63) is 187 Å². The van der Waals surface area contributed by atoms with Crippen molar-refractivity contribution in [1.82, 2.24) is 19.5 Å². The SMILES string of the molecule is Cc1nc(C)nc(-c2ccc3c4ccccc4n(-c4cccc5c4C(=O)N(c4c(-c6ccccc6)cc(-c6ccccc6)cc4-c4ccccc4)C5O)c3c2)n1. The zero-order valence-electron chi connectivity index (χ0n) is 30.8. The third-order valence-corrected chi connectivity index (χ3v) is 10.7. The summed E-state index contributed by atoms with van der Waals surface area (Å²) in [5.41, 5.74) is 10.6. The number of aliphatic hydroxyl groups excluding tert-OH is 1. The summed E-state index contributed by atoms with van der Waals surface area (Å²) in [5.74, 6) is 1.60. The molecule has 7 heteroatoms. The largest absolute Gasteiger partial charge is 0.369 e. The summed E-state index contributed by atoms with van der Waals surface area (Å²) in [4.78, 5) is 30.7. The Morgan fingerprint density at radius 3 is 1.73 bits per heavy atom. The van der Waals surface area contributed by atoms with E-state index in [2.05, 4.69) is 92.3 Å². The summed E-state index contributed by atoms with van der Waals surface area (Å²) in [7, 11) is 0. The smallest absolute Gasteiger partial charge is 0.263 e. The number of anilines is 1. The molecule has 7 aromatic carbocycles. The normalized spacial score (nSPS) is 13.8. The molecule has 268 valence electrons. The predicted molar refractivity (Wildman–Crippen MR) is 224 cm³/mol. The van der Waals surface area contributed by atoms with Gasteiger partial charge in [-0.2, -0.15) is 0 Å². The predicted octanol–water partition coefficient (Wildman–Crippen LogP) is 10.9. The van der Waals surface area contributed by atoms with E-state index in [1.165, 1.54) is 0 Å². The zero-order valence-corrected chi connectivity index (χ0v) is 30.8. The average molecular weight is 726 g/mol. The number of fused-ring (bicyclic) bond motifs is 4. The first kappa shape index (κ1) is 33.4. The van der Waals surface area contributed by atoms with Crippen LogP contribution < -0.4 is 4.90 Å². The van der Waals surface area contributed by atoms with Gasteiger partial charge in [0.2, 0.25) is 0 Å². The first-order valence-corrected chi connectivity index (χ1v) is 18.7. The van der Waals surface area contributed by atoms with E-state index in [-0.39, 0.29) is 5.91 Å². The Kier molecular flexibility index (Phi) is 7.90. The highest BCUT2D eigenvalue weighted by Gasteiger charge is 2.41. The lowest BCUT2D eigenvalue weighted by Gasteiger charge is -2.28. The number of aliphatic hydroxyl groups is 1. The van der Waals surface area contributed by atoms with Crippen LogP contribution in [0.1, 0.15) is 33.8 Å². The molecule has 56 heavy (non-hydrogen) atoms. The van der Waals surface area contributed by atoms with Crippen molar-refractivity contribution in [3.63, 3.8) is 0 Å². The van der Waals surface area contributed by atoms with E-state index in [0.717, 1.165) is 60.8 Å². The molecule has 3 heterocycles. The molecule has 0 spiro atoms. The Morgan fingerprint density at radius 1 is 0.518 bits per heavy atom.